The molecule has 0 aromatic heterocycles. The average molecular weight is 302 g/mol. The topological polar surface area (TPSA) is 32.8 Å². The van der Waals surface area contributed by atoms with Crippen molar-refractivity contribution in [3.63, 3.8) is 0 Å². The highest BCUT2D eigenvalue weighted by Crippen LogP contribution is 2.22. The summed E-state index contributed by atoms with van der Waals surface area (Å²) in [6.45, 7) is 4.77. The molecule has 0 bridgehead atoms. The predicted octanol–water partition coefficient (Wildman–Crippen LogP) is 2.46. The Bertz CT molecular complexity index is 469. The Morgan fingerprint density at radius 2 is 1.77 bits per heavy atom. The minimum Gasteiger partial charge on any atom is -0.371 e. The van der Waals surface area contributed by atoms with Gasteiger partial charge < -0.3 is 9.64 Å². The molecule has 0 radical (unpaired) electrons. The van der Waals surface area contributed by atoms with E-state index >= 15 is 0 Å². The van der Waals surface area contributed by atoms with Crippen LogP contribution in [0.3, 0.4) is 0 Å². The van der Waals surface area contributed by atoms with Crippen molar-refractivity contribution >= 4 is 5.91 Å². The Kier molecular flexibility index (Phi) is 5.46. The van der Waals surface area contributed by atoms with Crippen molar-refractivity contribution in [3.8, 4) is 0 Å². The highest BCUT2D eigenvalue weighted by Gasteiger charge is 2.25. The molecule has 1 aromatic carbocycles. The van der Waals surface area contributed by atoms with Crippen LogP contribution in [-0.2, 0) is 9.53 Å². The highest BCUT2D eigenvalue weighted by atomic mass is 16.5. The number of amides is 1. The second-order valence-corrected chi connectivity index (χ2v) is 6.30. The van der Waals surface area contributed by atoms with Gasteiger partial charge >= 0.3 is 0 Å². The van der Waals surface area contributed by atoms with E-state index in [1.807, 2.05) is 18.2 Å². The van der Waals surface area contributed by atoms with Crippen LogP contribution in [-0.4, -0.2) is 55.0 Å². The van der Waals surface area contributed by atoms with E-state index in [0.717, 1.165) is 39.0 Å². The Morgan fingerprint density at radius 1 is 1.05 bits per heavy atom. The van der Waals surface area contributed by atoms with Gasteiger partial charge in [0.15, 0.2) is 0 Å². The van der Waals surface area contributed by atoms with E-state index in [2.05, 4.69) is 21.9 Å². The Labute approximate surface area is 133 Å². The van der Waals surface area contributed by atoms with E-state index < -0.39 is 0 Å². The molecule has 2 heterocycles. The van der Waals surface area contributed by atoms with Crippen molar-refractivity contribution in [3.05, 3.63) is 35.9 Å². The predicted molar refractivity (Wildman–Crippen MR) is 86.6 cm³/mol. The summed E-state index contributed by atoms with van der Waals surface area (Å²) in [6, 6.07) is 10.3. The van der Waals surface area contributed by atoms with Gasteiger partial charge in [-0.25, -0.2) is 0 Å². The van der Waals surface area contributed by atoms with Crippen molar-refractivity contribution < 1.29 is 9.53 Å². The number of carbonyl (C=O) groups excluding carboxylic acids is 1. The second-order valence-electron chi connectivity index (χ2n) is 6.30. The summed E-state index contributed by atoms with van der Waals surface area (Å²) in [4.78, 5) is 16.8. The number of likely N-dealkylation sites (tertiary alicyclic amines) is 1. The number of benzene rings is 1. The molecule has 0 saturated carbocycles. The van der Waals surface area contributed by atoms with Crippen LogP contribution in [0.15, 0.2) is 30.3 Å². The zero-order valence-corrected chi connectivity index (χ0v) is 13.2. The van der Waals surface area contributed by atoms with Crippen molar-refractivity contribution in [2.45, 2.75) is 31.8 Å². The zero-order chi connectivity index (χ0) is 15.2. The lowest BCUT2D eigenvalue weighted by atomic mass is 10.1. The van der Waals surface area contributed by atoms with Crippen LogP contribution in [0.1, 0.15) is 37.4 Å². The minimum atomic E-state index is 0.0897. The summed E-state index contributed by atoms with van der Waals surface area (Å²) < 4.78 is 5.87. The van der Waals surface area contributed by atoms with Crippen LogP contribution in [0.5, 0.6) is 0 Å². The second kappa shape index (κ2) is 7.75. The van der Waals surface area contributed by atoms with Gasteiger partial charge in [-0.1, -0.05) is 43.2 Å². The summed E-state index contributed by atoms with van der Waals surface area (Å²) in [5.74, 6) is 0.288. The van der Waals surface area contributed by atoms with Crippen LogP contribution in [0.2, 0.25) is 0 Å². The molecule has 1 amide bonds. The summed E-state index contributed by atoms with van der Waals surface area (Å²) in [5, 5.41) is 0. The van der Waals surface area contributed by atoms with Crippen LogP contribution in [0.25, 0.3) is 0 Å². The molecule has 1 atom stereocenters. The molecule has 2 saturated heterocycles. The van der Waals surface area contributed by atoms with Crippen molar-refractivity contribution in [2.24, 2.45) is 0 Å². The van der Waals surface area contributed by atoms with E-state index in [-0.39, 0.29) is 12.0 Å². The monoisotopic (exact) mass is 302 g/mol. The van der Waals surface area contributed by atoms with Crippen LogP contribution in [0, 0.1) is 0 Å². The Morgan fingerprint density at radius 3 is 2.50 bits per heavy atom. The molecular weight excluding hydrogens is 276 g/mol. The van der Waals surface area contributed by atoms with Crippen molar-refractivity contribution in [2.75, 3.05) is 39.3 Å². The van der Waals surface area contributed by atoms with Crippen LogP contribution in [0.4, 0.5) is 0 Å². The number of hydrogen-bond donors (Lipinski definition) is 0. The number of hydrogen-bond acceptors (Lipinski definition) is 3. The van der Waals surface area contributed by atoms with Gasteiger partial charge in [-0.2, -0.15) is 0 Å². The van der Waals surface area contributed by atoms with Gasteiger partial charge in [0.05, 0.1) is 19.3 Å². The number of carbonyl (C=O) groups is 1. The molecule has 2 fully saturated rings. The first-order chi connectivity index (χ1) is 10.8. The average Bonchev–Trinajstić information content (AvgIpc) is 2.85. The molecule has 0 spiro atoms. The largest absolute Gasteiger partial charge is 0.371 e. The van der Waals surface area contributed by atoms with Gasteiger partial charge in [0, 0.05) is 26.2 Å². The highest BCUT2D eigenvalue weighted by molar-refractivity contribution is 5.78. The van der Waals surface area contributed by atoms with Crippen molar-refractivity contribution in [1.82, 2.24) is 9.80 Å². The molecular formula is C18H26N2O2. The maximum absolute atomic E-state index is 12.5. The number of nitrogens with zero attached hydrogens (tertiary/aromatic N) is 2. The summed E-state index contributed by atoms with van der Waals surface area (Å²) in [6.07, 6.45) is 4.92. The molecule has 4 heteroatoms. The minimum absolute atomic E-state index is 0.0897. The molecule has 0 N–H and O–H groups in total. The zero-order valence-electron chi connectivity index (χ0n) is 13.2. The molecule has 3 rings (SSSR count). The van der Waals surface area contributed by atoms with Gasteiger partial charge in [0.25, 0.3) is 0 Å². The summed E-state index contributed by atoms with van der Waals surface area (Å²) in [5.41, 5.74) is 1.20. The molecule has 0 unspecified atom stereocenters. The van der Waals surface area contributed by atoms with Gasteiger partial charge in [0.2, 0.25) is 5.91 Å². The molecule has 1 aromatic rings. The molecule has 4 nitrogen and oxygen atoms in total. The quantitative estimate of drug-likeness (QED) is 0.860. The standard InChI is InChI=1S/C18H26N2O2/c21-18(20-10-6-1-2-7-11-20)15-19-12-13-22-17(14-19)16-8-4-3-5-9-16/h3-5,8-9,17H,1-2,6-7,10-15H2/t17-/m1/s1. The molecule has 0 aliphatic carbocycles. The van der Waals surface area contributed by atoms with E-state index in [9.17, 15) is 4.79 Å². The maximum Gasteiger partial charge on any atom is 0.236 e. The third-order valence-electron chi connectivity index (χ3n) is 4.64. The van der Waals surface area contributed by atoms with Crippen LogP contribution < -0.4 is 0 Å². The molecule has 2 aliphatic rings. The van der Waals surface area contributed by atoms with Crippen molar-refractivity contribution in [1.29, 1.82) is 0 Å². The number of ether oxygens (including phenoxy) is 1. The SMILES string of the molecule is O=C(CN1CCO[C@@H](c2ccccc2)C1)N1CCCCCC1. The number of morpholine rings is 1. The summed E-state index contributed by atoms with van der Waals surface area (Å²) in [7, 11) is 0. The third kappa shape index (κ3) is 4.08. The number of rotatable bonds is 3. The fraction of sp³-hybridized carbons (Fsp3) is 0.611. The summed E-state index contributed by atoms with van der Waals surface area (Å²) >= 11 is 0. The fourth-order valence-corrected chi connectivity index (χ4v) is 3.33. The van der Waals surface area contributed by atoms with E-state index in [4.69, 9.17) is 4.74 Å². The lowest BCUT2D eigenvalue weighted by molar-refractivity contribution is -0.134. The molecule has 120 valence electrons. The van der Waals surface area contributed by atoms with E-state index in [0.29, 0.717) is 13.2 Å². The first-order valence-electron chi connectivity index (χ1n) is 8.49. The lowest BCUT2D eigenvalue weighted by Crippen LogP contribution is -2.45. The Hall–Kier alpha value is -1.39. The van der Waals surface area contributed by atoms with Gasteiger partial charge in [0.1, 0.15) is 0 Å². The maximum atomic E-state index is 12.5. The fourth-order valence-electron chi connectivity index (χ4n) is 3.33. The van der Waals surface area contributed by atoms with Gasteiger partial charge in [-0.3, -0.25) is 9.69 Å². The first-order valence-corrected chi connectivity index (χ1v) is 8.49. The van der Waals surface area contributed by atoms with E-state index in [1.54, 1.807) is 0 Å². The smallest absolute Gasteiger partial charge is 0.236 e. The molecule has 22 heavy (non-hydrogen) atoms. The van der Waals surface area contributed by atoms with E-state index in [1.165, 1.54) is 18.4 Å². The van der Waals surface area contributed by atoms with Crippen LogP contribution >= 0.6 is 0 Å². The molecule has 2 aliphatic heterocycles. The normalized spacial score (nSPS) is 24.0. The Balaban J connectivity index is 1.54. The van der Waals surface area contributed by atoms with Gasteiger partial charge in [-0.15, -0.1) is 0 Å². The third-order valence-corrected chi connectivity index (χ3v) is 4.64. The first kappa shape index (κ1) is 15.5. The van der Waals surface area contributed by atoms with Gasteiger partial charge in [-0.05, 0) is 18.4 Å². The lowest BCUT2D eigenvalue weighted by Gasteiger charge is -2.34.